The van der Waals surface area contributed by atoms with Crippen LogP contribution in [0.15, 0.2) is 71.8 Å². The minimum absolute atomic E-state index is 0.0472. The number of rotatable bonds is 8. The smallest absolute Gasteiger partial charge is 0.269 e. The van der Waals surface area contributed by atoms with Crippen LogP contribution in [-0.4, -0.2) is 11.1 Å². The van der Waals surface area contributed by atoms with E-state index in [1.54, 1.807) is 36.5 Å². The third-order valence-electron chi connectivity index (χ3n) is 4.07. The molecule has 6 nitrogen and oxygen atoms in total. The summed E-state index contributed by atoms with van der Waals surface area (Å²) in [5.74, 6) is 0.646. The Kier molecular flexibility index (Phi) is 7.05. The van der Waals surface area contributed by atoms with E-state index < -0.39 is 4.92 Å². The van der Waals surface area contributed by atoms with E-state index in [9.17, 15) is 10.1 Å². The van der Waals surface area contributed by atoms with E-state index in [1.165, 1.54) is 12.1 Å². The van der Waals surface area contributed by atoms with E-state index in [1.807, 2.05) is 24.3 Å². The van der Waals surface area contributed by atoms with Crippen molar-refractivity contribution in [3.63, 3.8) is 0 Å². The summed E-state index contributed by atoms with van der Waals surface area (Å²) in [5.41, 5.74) is 5.36. The lowest BCUT2D eigenvalue weighted by molar-refractivity contribution is -0.384. The van der Waals surface area contributed by atoms with Crippen molar-refractivity contribution < 1.29 is 9.66 Å². The molecule has 8 heteroatoms. The van der Waals surface area contributed by atoms with Gasteiger partial charge in [0.05, 0.1) is 17.7 Å². The van der Waals surface area contributed by atoms with Gasteiger partial charge in [0.2, 0.25) is 0 Å². The quantitative estimate of drug-likeness (QED) is 0.287. The molecule has 0 aliphatic rings. The molecule has 0 atom stereocenters. The fourth-order valence-electron chi connectivity index (χ4n) is 2.53. The molecule has 3 aromatic carbocycles. The number of nitro groups is 1. The number of hydrazone groups is 1. The van der Waals surface area contributed by atoms with Crippen molar-refractivity contribution in [2.45, 2.75) is 13.2 Å². The van der Waals surface area contributed by atoms with Crippen LogP contribution in [0.5, 0.6) is 5.75 Å². The highest BCUT2D eigenvalue weighted by Crippen LogP contribution is 2.24. The van der Waals surface area contributed by atoms with Gasteiger partial charge in [-0.3, -0.25) is 10.1 Å². The molecular weight excluding hydrogens is 413 g/mol. The van der Waals surface area contributed by atoms with Crippen LogP contribution in [0.1, 0.15) is 16.7 Å². The minimum Gasteiger partial charge on any atom is -0.488 e. The molecule has 0 fully saturated rings. The van der Waals surface area contributed by atoms with Crippen molar-refractivity contribution in [3.8, 4) is 5.75 Å². The second kappa shape index (κ2) is 9.91. The lowest BCUT2D eigenvalue weighted by Crippen LogP contribution is -2.07. The van der Waals surface area contributed by atoms with Gasteiger partial charge in [0.25, 0.3) is 5.69 Å². The van der Waals surface area contributed by atoms with Gasteiger partial charge in [0.1, 0.15) is 12.4 Å². The van der Waals surface area contributed by atoms with Crippen molar-refractivity contribution in [1.82, 2.24) is 5.43 Å². The minimum atomic E-state index is -0.431. The molecule has 3 aromatic rings. The predicted octanol–water partition coefficient (Wildman–Crippen LogP) is 5.60. The van der Waals surface area contributed by atoms with E-state index in [0.717, 1.165) is 16.7 Å². The molecule has 0 saturated heterocycles. The number of halogens is 2. The molecule has 0 saturated carbocycles. The van der Waals surface area contributed by atoms with Crippen LogP contribution in [0, 0.1) is 10.1 Å². The summed E-state index contributed by atoms with van der Waals surface area (Å²) in [7, 11) is 0. The van der Waals surface area contributed by atoms with Gasteiger partial charge >= 0.3 is 0 Å². The Morgan fingerprint density at radius 1 is 1.00 bits per heavy atom. The summed E-state index contributed by atoms with van der Waals surface area (Å²) in [6.45, 7) is 0.673. The predicted molar refractivity (Wildman–Crippen MR) is 115 cm³/mol. The summed E-state index contributed by atoms with van der Waals surface area (Å²) in [5, 5.41) is 16.1. The highest BCUT2D eigenvalue weighted by molar-refractivity contribution is 6.35. The first kappa shape index (κ1) is 20.6. The van der Waals surface area contributed by atoms with Crippen LogP contribution in [0.3, 0.4) is 0 Å². The van der Waals surface area contributed by atoms with Crippen molar-refractivity contribution in [2.24, 2.45) is 5.10 Å². The third-order valence-corrected chi connectivity index (χ3v) is 4.78. The molecule has 0 heterocycles. The van der Waals surface area contributed by atoms with Gasteiger partial charge in [-0.05, 0) is 42.0 Å². The number of non-ortho nitro benzene ring substituents is 1. The Balaban J connectivity index is 1.61. The molecule has 0 spiro atoms. The maximum absolute atomic E-state index is 10.7. The molecule has 0 aliphatic heterocycles. The summed E-state index contributed by atoms with van der Waals surface area (Å²) in [6, 6.07) is 19.0. The number of nitrogens with zero attached hydrogens (tertiary/aromatic N) is 2. The number of hydrogen-bond acceptors (Lipinski definition) is 5. The lowest BCUT2D eigenvalue weighted by atomic mass is 10.2. The monoisotopic (exact) mass is 429 g/mol. The van der Waals surface area contributed by atoms with Gasteiger partial charge in [-0.1, -0.05) is 41.4 Å². The Labute approximate surface area is 177 Å². The van der Waals surface area contributed by atoms with Gasteiger partial charge < -0.3 is 10.2 Å². The van der Waals surface area contributed by atoms with E-state index in [-0.39, 0.29) is 12.3 Å². The zero-order valence-electron chi connectivity index (χ0n) is 15.2. The van der Waals surface area contributed by atoms with Gasteiger partial charge in [-0.15, -0.1) is 0 Å². The van der Waals surface area contributed by atoms with Crippen molar-refractivity contribution in [3.05, 3.63) is 104 Å². The molecule has 3 rings (SSSR count). The van der Waals surface area contributed by atoms with Crippen LogP contribution in [-0.2, 0) is 13.2 Å². The summed E-state index contributed by atoms with van der Waals surface area (Å²) >= 11 is 12.3. The fraction of sp³-hybridized carbons (Fsp3) is 0.0952. The standard InChI is InChI=1S/C21H17Cl2N3O3/c22-19-5-3-6-20(23)18(19)13-25-24-12-16-4-1-2-7-21(16)29-14-15-8-10-17(11-9-15)26(27)28/h1-12,25H,13-14H2/b24-12+. The molecule has 0 bridgehead atoms. The Morgan fingerprint density at radius 3 is 2.38 bits per heavy atom. The normalized spacial score (nSPS) is 10.8. The number of para-hydroxylation sites is 1. The first-order valence-electron chi connectivity index (χ1n) is 8.68. The summed E-state index contributed by atoms with van der Waals surface area (Å²) in [4.78, 5) is 10.3. The van der Waals surface area contributed by atoms with Crippen molar-refractivity contribution in [1.29, 1.82) is 0 Å². The maximum Gasteiger partial charge on any atom is 0.269 e. The molecule has 0 aliphatic carbocycles. The van der Waals surface area contributed by atoms with Crippen LogP contribution >= 0.6 is 23.2 Å². The van der Waals surface area contributed by atoms with E-state index >= 15 is 0 Å². The molecule has 0 aromatic heterocycles. The molecule has 0 amide bonds. The Morgan fingerprint density at radius 2 is 1.69 bits per heavy atom. The van der Waals surface area contributed by atoms with Gasteiger partial charge in [-0.25, -0.2) is 0 Å². The average molecular weight is 430 g/mol. The second-order valence-corrected chi connectivity index (χ2v) is 6.86. The van der Waals surface area contributed by atoms with Crippen molar-refractivity contribution in [2.75, 3.05) is 0 Å². The molecule has 1 N–H and O–H groups in total. The zero-order chi connectivity index (χ0) is 20.6. The Hall–Kier alpha value is -3.09. The van der Waals surface area contributed by atoms with Crippen LogP contribution in [0.2, 0.25) is 10.0 Å². The van der Waals surface area contributed by atoms with Gasteiger partial charge in [-0.2, -0.15) is 5.10 Å². The second-order valence-electron chi connectivity index (χ2n) is 6.04. The van der Waals surface area contributed by atoms with Crippen LogP contribution < -0.4 is 10.2 Å². The maximum atomic E-state index is 10.7. The number of nitrogens with one attached hydrogen (secondary N) is 1. The van der Waals surface area contributed by atoms with Gasteiger partial charge in [0, 0.05) is 33.3 Å². The third kappa shape index (κ3) is 5.70. The van der Waals surface area contributed by atoms with Crippen LogP contribution in [0.4, 0.5) is 5.69 Å². The average Bonchev–Trinajstić information content (AvgIpc) is 2.72. The molecule has 148 valence electrons. The Bertz CT molecular complexity index is 1000. The fourth-order valence-corrected chi connectivity index (χ4v) is 3.07. The van der Waals surface area contributed by atoms with Crippen molar-refractivity contribution >= 4 is 35.1 Å². The number of ether oxygens (including phenoxy) is 1. The molecular formula is C21H17Cl2N3O3. The lowest BCUT2D eigenvalue weighted by Gasteiger charge is -2.09. The van der Waals surface area contributed by atoms with E-state index in [2.05, 4.69) is 10.5 Å². The van der Waals surface area contributed by atoms with Crippen LogP contribution in [0.25, 0.3) is 0 Å². The highest BCUT2D eigenvalue weighted by Gasteiger charge is 2.06. The molecule has 0 unspecified atom stereocenters. The SMILES string of the molecule is O=[N+]([O-])c1ccc(COc2ccccc2/C=N/NCc2c(Cl)cccc2Cl)cc1. The first-order valence-corrected chi connectivity index (χ1v) is 9.44. The van der Waals surface area contributed by atoms with Gasteiger partial charge in [0.15, 0.2) is 0 Å². The largest absolute Gasteiger partial charge is 0.488 e. The number of nitro benzene ring substituents is 1. The van der Waals surface area contributed by atoms with E-state index in [0.29, 0.717) is 22.3 Å². The summed E-state index contributed by atoms with van der Waals surface area (Å²) in [6.07, 6.45) is 1.65. The topological polar surface area (TPSA) is 76.8 Å². The molecule has 0 radical (unpaired) electrons. The first-order chi connectivity index (χ1) is 14.0. The van der Waals surface area contributed by atoms with E-state index in [4.69, 9.17) is 27.9 Å². The number of hydrogen-bond donors (Lipinski definition) is 1. The highest BCUT2D eigenvalue weighted by atomic mass is 35.5. The zero-order valence-corrected chi connectivity index (χ0v) is 16.7. The summed E-state index contributed by atoms with van der Waals surface area (Å²) < 4.78 is 5.85. The molecule has 29 heavy (non-hydrogen) atoms. The number of benzene rings is 3.